The minimum atomic E-state index is -0.397. The van der Waals surface area contributed by atoms with Crippen molar-refractivity contribution >= 4 is 5.69 Å². The van der Waals surface area contributed by atoms with E-state index < -0.39 is 4.92 Å². The lowest BCUT2D eigenvalue weighted by molar-refractivity contribution is -0.384. The maximum Gasteiger partial charge on any atom is 0.269 e. The molecule has 1 aromatic carbocycles. The number of nitro groups is 1. The fourth-order valence-electron chi connectivity index (χ4n) is 1.74. The Bertz CT molecular complexity index is 441. The average Bonchev–Trinajstić information content (AvgIpc) is 2.32. The SMILES string of the molecule is C/C=C\C(CCC)Oc1ccc([N+](=O)[O-])cc1C. The standard InChI is InChI=1S/C14H19NO3/c1-4-6-13(7-5-2)18-14-9-8-12(15(16)17)10-11(14)3/h4,6,8-10,13H,5,7H2,1-3H3/b6-4-. The first-order chi connectivity index (χ1) is 8.58. The number of benzene rings is 1. The first-order valence-corrected chi connectivity index (χ1v) is 6.13. The van der Waals surface area contributed by atoms with Crippen molar-refractivity contribution < 1.29 is 9.66 Å². The number of nitro benzene ring substituents is 1. The summed E-state index contributed by atoms with van der Waals surface area (Å²) in [4.78, 5) is 10.2. The first kappa shape index (κ1) is 14.2. The van der Waals surface area contributed by atoms with Crippen molar-refractivity contribution in [1.29, 1.82) is 0 Å². The highest BCUT2D eigenvalue weighted by atomic mass is 16.6. The molecule has 0 aromatic heterocycles. The van der Waals surface area contributed by atoms with Crippen LogP contribution in [0.2, 0.25) is 0 Å². The summed E-state index contributed by atoms with van der Waals surface area (Å²) in [6.07, 6.45) is 5.95. The van der Waals surface area contributed by atoms with Crippen LogP contribution in [0, 0.1) is 17.0 Å². The molecule has 0 saturated carbocycles. The molecule has 0 aliphatic carbocycles. The quantitative estimate of drug-likeness (QED) is 0.434. The number of hydrogen-bond acceptors (Lipinski definition) is 3. The van der Waals surface area contributed by atoms with Crippen LogP contribution < -0.4 is 4.74 Å². The van der Waals surface area contributed by atoms with Crippen molar-refractivity contribution in [3.05, 3.63) is 46.0 Å². The maximum atomic E-state index is 10.6. The Morgan fingerprint density at radius 1 is 1.50 bits per heavy atom. The Morgan fingerprint density at radius 3 is 2.72 bits per heavy atom. The third-order valence-corrected chi connectivity index (χ3v) is 2.63. The van der Waals surface area contributed by atoms with Gasteiger partial charge in [0.2, 0.25) is 0 Å². The van der Waals surface area contributed by atoms with Gasteiger partial charge in [-0.3, -0.25) is 10.1 Å². The Labute approximate surface area is 107 Å². The summed E-state index contributed by atoms with van der Waals surface area (Å²) in [6, 6.07) is 4.68. The molecule has 1 rings (SSSR count). The zero-order valence-electron chi connectivity index (χ0n) is 11.1. The molecule has 1 aromatic rings. The molecule has 4 heteroatoms. The van der Waals surface area contributed by atoms with Crippen molar-refractivity contribution in [2.24, 2.45) is 0 Å². The van der Waals surface area contributed by atoms with Gasteiger partial charge in [-0.25, -0.2) is 0 Å². The van der Waals surface area contributed by atoms with Gasteiger partial charge in [0.1, 0.15) is 11.9 Å². The van der Waals surface area contributed by atoms with E-state index in [4.69, 9.17) is 4.74 Å². The van der Waals surface area contributed by atoms with Crippen LogP contribution in [0.3, 0.4) is 0 Å². The molecule has 0 aliphatic rings. The average molecular weight is 249 g/mol. The highest BCUT2D eigenvalue weighted by Crippen LogP contribution is 2.25. The summed E-state index contributed by atoms with van der Waals surface area (Å²) < 4.78 is 5.85. The molecular weight excluding hydrogens is 230 g/mol. The second-order valence-electron chi connectivity index (χ2n) is 4.18. The summed E-state index contributed by atoms with van der Waals surface area (Å²) in [5.41, 5.74) is 0.882. The number of ether oxygens (including phenoxy) is 1. The number of rotatable bonds is 6. The Morgan fingerprint density at radius 2 is 2.22 bits per heavy atom. The molecule has 1 unspecified atom stereocenters. The molecule has 0 bridgehead atoms. The fraction of sp³-hybridized carbons (Fsp3) is 0.429. The van der Waals surface area contributed by atoms with E-state index >= 15 is 0 Å². The van der Waals surface area contributed by atoms with Crippen molar-refractivity contribution in [1.82, 2.24) is 0 Å². The van der Waals surface area contributed by atoms with Gasteiger partial charge < -0.3 is 4.74 Å². The summed E-state index contributed by atoms with van der Waals surface area (Å²) in [5, 5.41) is 10.6. The minimum Gasteiger partial charge on any atom is -0.486 e. The van der Waals surface area contributed by atoms with Crippen LogP contribution in [0.1, 0.15) is 32.3 Å². The molecule has 0 amide bonds. The summed E-state index contributed by atoms with van der Waals surface area (Å²) in [7, 11) is 0. The second-order valence-corrected chi connectivity index (χ2v) is 4.18. The van der Waals surface area contributed by atoms with Crippen LogP contribution in [0.15, 0.2) is 30.4 Å². The van der Waals surface area contributed by atoms with E-state index in [9.17, 15) is 10.1 Å². The predicted octanol–water partition coefficient (Wildman–Crippen LogP) is 4.03. The highest BCUT2D eigenvalue weighted by molar-refractivity contribution is 5.43. The molecule has 0 aliphatic heterocycles. The normalized spacial score (nSPS) is 12.6. The van der Waals surface area contributed by atoms with Gasteiger partial charge in [0.25, 0.3) is 5.69 Å². The van der Waals surface area contributed by atoms with Crippen LogP contribution in [-0.4, -0.2) is 11.0 Å². The molecule has 98 valence electrons. The molecular formula is C14H19NO3. The largest absolute Gasteiger partial charge is 0.486 e. The molecule has 0 spiro atoms. The third-order valence-electron chi connectivity index (χ3n) is 2.63. The van der Waals surface area contributed by atoms with E-state index in [2.05, 4.69) is 6.92 Å². The predicted molar refractivity (Wildman–Crippen MR) is 72.0 cm³/mol. The zero-order chi connectivity index (χ0) is 13.5. The van der Waals surface area contributed by atoms with Crippen LogP contribution in [0.25, 0.3) is 0 Å². The van der Waals surface area contributed by atoms with Crippen LogP contribution in [0.5, 0.6) is 5.75 Å². The molecule has 18 heavy (non-hydrogen) atoms. The molecule has 0 fully saturated rings. The van der Waals surface area contributed by atoms with Crippen molar-refractivity contribution in [2.75, 3.05) is 0 Å². The third kappa shape index (κ3) is 3.87. The summed E-state index contributed by atoms with van der Waals surface area (Å²) in [5.74, 6) is 0.706. The van der Waals surface area contributed by atoms with Crippen molar-refractivity contribution in [2.45, 2.75) is 39.7 Å². The molecule has 4 nitrogen and oxygen atoms in total. The van der Waals surface area contributed by atoms with Gasteiger partial charge in [0.15, 0.2) is 0 Å². The van der Waals surface area contributed by atoms with Gasteiger partial charge in [-0.1, -0.05) is 19.4 Å². The first-order valence-electron chi connectivity index (χ1n) is 6.13. The van der Waals surface area contributed by atoms with Crippen molar-refractivity contribution in [3.63, 3.8) is 0 Å². The van der Waals surface area contributed by atoms with E-state index in [-0.39, 0.29) is 11.8 Å². The van der Waals surface area contributed by atoms with E-state index in [0.717, 1.165) is 18.4 Å². The molecule has 0 heterocycles. The highest BCUT2D eigenvalue weighted by Gasteiger charge is 2.11. The molecule has 0 N–H and O–H groups in total. The number of nitrogens with zero attached hydrogens (tertiary/aromatic N) is 1. The van der Waals surface area contributed by atoms with E-state index in [1.165, 1.54) is 12.1 Å². The van der Waals surface area contributed by atoms with Gasteiger partial charge in [0.05, 0.1) is 4.92 Å². The van der Waals surface area contributed by atoms with E-state index in [1.54, 1.807) is 6.07 Å². The Balaban J connectivity index is 2.86. The number of hydrogen-bond donors (Lipinski definition) is 0. The van der Waals surface area contributed by atoms with Gasteiger partial charge in [0, 0.05) is 12.1 Å². The summed E-state index contributed by atoms with van der Waals surface area (Å²) >= 11 is 0. The Kier molecular flexibility index (Phi) is 5.36. The Hall–Kier alpha value is -1.84. The summed E-state index contributed by atoms with van der Waals surface area (Å²) in [6.45, 7) is 5.87. The van der Waals surface area contributed by atoms with Crippen molar-refractivity contribution in [3.8, 4) is 5.75 Å². The number of aryl methyl sites for hydroxylation is 1. The zero-order valence-corrected chi connectivity index (χ0v) is 11.1. The van der Waals surface area contributed by atoms with Gasteiger partial charge >= 0.3 is 0 Å². The topological polar surface area (TPSA) is 52.4 Å². The number of allylic oxidation sites excluding steroid dienone is 1. The van der Waals surface area contributed by atoms with Crippen LogP contribution in [0.4, 0.5) is 5.69 Å². The molecule has 0 saturated heterocycles. The van der Waals surface area contributed by atoms with Gasteiger partial charge in [-0.2, -0.15) is 0 Å². The number of non-ortho nitro benzene ring substituents is 1. The van der Waals surface area contributed by atoms with Crippen LogP contribution in [-0.2, 0) is 0 Å². The van der Waals surface area contributed by atoms with Gasteiger partial charge in [-0.05, 0) is 38.0 Å². The lowest BCUT2D eigenvalue weighted by atomic mass is 10.1. The second kappa shape index (κ2) is 6.79. The lowest BCUT2D eigenvalue weighted by Crippen LogP contribution is -2.13. The lowest BCUT2D eigenvalue weighted by Gasteiger charge is -2.16. The monoisotopic (exact) mass is 249 g/mol. The maximum absolute atomic E-state index is 10.6. The minimum absolute atomic E-state index is 0.0279. The van der Waals surface area contributed by atoms with E-state index in [0.29, 0.717) is 5.75 Å². The van der Waals surface area contributed by atoms with Crippen LogP contribution >= 0.6 is 0 Å². The fourth-order valence-corrected chi connectivity index (χ4v) is 1.74. The van der Waals surface area contributed by atoms with Gasteiger partial charge in [-0.15, -0.1) is 0 Å². The smallest absolute Gasteiger partial charge is 0.269 e. The molecule has 0 radical (unpaired) electrons. The van der Waals surface area contributed by atoms with E-state index in [1.807, 2.05) is 26.0 Å². The molecule has 1 atom stereocenters.